The first kappa shape index (κ1) is 7.80. The summed E-state index contributed by atoms with van der Waals surface area (Å²) < 4.78 is 39.1. The molecule has 1 atom stereocenters. The number of rotatable bonds is 2. The van der Waals surface area contributed by atoms with Gasteiger partial charge in [0.05, 0.1) is 10.1 Å². The SMILES string of the molecule is C=CS(=O)(=O)S(=O)[O-]. The van der Waals surface area contributed by atoms with E-state index in [9.17, 15) is 17.2 Å². The predicted molar refractivity (Wildman–Crippen MR) is 28.0 cm³/mol. The van der Waals surface area contributed by atoms with E-state index >= 15 is 0 Å². The Labute approximate surface area is 48.8 Å². The molecule has 0 fully saturated rings. The lowest BCUT2D eigenvalue weighted by molar-refractivity contribution is 0.542. The van der Waals surface area contributed by atoms with Gasteiger partial charge in [0.25, 0.3) is 0 Å². The van der Waals surface area contributed by atoms with Crippen LogP contribution in [0.25, 0.3) is 0 Å². The molecule has 0 aliphatic carbocycles. The van der Waals surface area contributed by atoms with Crippen molar-refractivity contribution in [3.8, 4) is 0 Å². The van der Waals surface area contributed by atoms with Crippen molar-refractivity contribution >= 4 is 19.0 Å². The Kier molecular flexibility index (Phi) is 2.32. The second-order valence-electron chi connectivity index (χ2n) is 0.864. The molecular formula is C2H3O4S2-. The molecule has 8 heavy (non-hydrogen) atoms. The van der Waals surface area contributed by atoms with Crippen molar-refractivity contribution in [2.45, 2.75) is 0 Å². The maximum absolute atomic E-state index is 9.97. The van der Waals surface area contributed by atoms with Gasteiger partial charge < -0.3 is 4.55 Å². The highest BCUT2D eigenvalue weighted by Crippen LogP contribution is 1.92. The summed E-state index contributed by atoms with van der Waals surface area (Å²) in [6.45, 7) is 2.77. The largest absolute Gasteiger partial charge is 0.760 e. The van der Waals surface area contributed by atoms with Crippen LogP contribution in [0.1, 0.15) is 0 Å². The summed E-state index contributed by atoms with van der Waals surface area (Å²) in [5.41, 5.74) is 0. The minimum atomic E-state index is -4.06. The fourth-order valence-corrected chi connectivity index (χ4v) is 0.500. The van der Waals surface area contributed by atoms with E-state index in [2.05, 4.69) is 6.58 Å². The third-order valence-electron chi connectivity index (χ3n) is 0.394. The summed E-state index contributed by atoms with van der Waals surface area (Å²) in [5, 5.41) is 0.371. The molecule has 0 N–H and O–H groups in total. The molecule has 6 heteroatoms. The Morgan fingerprint density at radius 2 is 2.00 bits per heavy atom. The summed E-state index contributed by atoms with van der Waals surface area (Å²) in [6.07, 6.45) is 0. The Morgan fingerprint density at radius 1 is 1.62 bits per heavy atom. The molecule has 0 amide bonds. The van der Waals surface area contributed by atoms with Gasteiger partial charge in [-0.15, -0.1) is 0 Å². The predicted octanol–water partition coefficient (Wildman–Crippen LogP) is -0.661. The molecule has 0 radical (unpaired) electrons. The zero-order valence-corrected chi connectivity index (χ0v) is 5.37. The zero-order chi connectivity index (χ0) is 6.78. The lowest BCUT2D eigenvalue weighted by atomic mass is 11.3. The smallest absolute Gasteiger partial charge is 0.238 e. The molecule has 0 bridgehead atoms. The van der Waals surface area contributed by atoms with E-state index in [1.165, 1.54) is 0 Å². The van der Waals surface area contributed by atoms with Crippen molar-refractivity contribution in [2.75, 3.05) is 0 Å². The highest BCUT2D eigenvalue weighted by molar-refractivity contribution is 8.63. The number of hydrogen-bond donors (Lipinski definition) is 0. The summed E-state index contributed by atoms with van der Waals surface area (Å²) in [5.74, 6) is 0. The van der Waals surface area contributed by atoms with Crippen LogP contribution < -0.4 is 0 Å². The van der Waals surface area contributed by atoms with Crippen LogP contribution in [-0.2, 0) is 19.0 Å². The minimum absolute atomic E-state index is 0.371. The van der Waals surface area contributed by atoms with Crippen molar-refractivity contribution < 1.29 is 17.2 Å². The van der Waals surface area contributed by atoms with Crippen molar-refractivity contribution in [1.29, 1.82) is 0 Å². The average molecular weight is 155 g/mol. The van der Waals surface area contributed by atoms with Gasteiger partial charge in [0.2, 0.25) is 8.87 Å². The van der Waals surface area contributed by atoms with Crippen molar-refractivity contribution in [3.63, 3.8) is 0 Å². The Balaban J connectivity index is 4.68. The van der Waals surface area contributed by atoms with Gasteiger partial charge in [0.1, 0.15) is 0 Å². The van der Waals surface area contributed by atoms with E-state index in [1.807, 2.05) is 0 Å². The van der Waals surface area contributed by atoms with Gasteiger partial charge in [-0.05, 0) is 0 Å². The molecule has 48 valence electrons. The van der Waals surface area contributed by atoms with Crippen molar-refractivity contribution in [3.05, 3.63) is 12.0 Å². The maximum atomic E-state index is 9.97. The van der Waals surface area contributed by atoms with Crippen LogP contribution in [0.3, 0.4) is 0 Å². The maximum Gasteiger partial charge on any atom is 0.238 e. The van der Waals surface area contributed by atoms with Gasteiger partial charge in [-0.1, -0.05) is 6.58 Å². The van der Waals surface area contributed by atoms with Crippen LogP contribution >= 0.6 is 0 Å². The van der Waals surface area contributed by atoms with E-state index in [4.69, 9.17) is 0 Å². The lowest BCUT2D eigenvalue weighted by Gasteiger charge is -1.97. The van der Waals surface area contributed by atoms with Crippen LogP contribution in [0.15, 0.2) is 12.0 Å². The first-order chi connectivity index (χ1) is 3.50. The van der Waals surface area contributed by atoms with Gasteiger partial charge in [0, 0.05) is 5.41 Å². The van der Waals surface area contributed by atoms with Gasteiger partial charge in [-0.3, -0.25) is 4.21 Å². The molecule has 0 aliphatic rings. The van der Waals surface area contributed by atoms with E-state index in [1.54, 1.807) is 0 Å². The van der Waals surface area contributed by atoms with Crippen LogP contribution in [0.2, 0.25) is 0 Å². The zero-order valence-electron chi connectivity index (χ0n) is 3.73. The Bertz CT molecular complexity index is 200. The monoisotopic (exact) mass is 155 g/mol. The van der Waals surface area contributed by atoms with E-state index < -0.39 is 19.0 Å². The Morgan fingerprint density at radius 3 is 2.00 bits per heavy atom. The van der Waals surface area contributed by atoms with Gasteiger partial charge in [-0.2, -0.15) is 0 Å². The van der Waals surface area contributed by atoms with Crippen LogP contribution in [0.5, 0.6) is 0 Å². The van der Waals surface area contributed by atoms with Gasteiger partial charge >= 0.3 is 0 Å². The van der Waals surface area contributed by atoms with E-state index in [0.29, 0.717) is 5.41 Å². The first-order valence-electron chi connectivity index (χ1n) is 1.48. The fourth-order valence-electron chi connectivity index (χ4n) is 0.0556. The molecule has 0 saturated carbocycles. The van der Waals surface area contributed by atoms with E-state index in [0.717, 1.165) is 0 Å². The second-order valence-corrected chi connectivity index (χ2v) is 4.80. The van der Waals surface area contributed by atoms with Gasteiger partial charge in [-0.25, -0.2) is 8.42 Å². The normalized spacial score (nSPS) is 15.1. The van der Waals surface area contributed by atoms with Crippen molar-refractivity contribution in [2.24, 2.45) is 0 Å². The third-order valence-corrected chi connectivity index (χ3v) is 2.73. The molecular weight excluding hydrogens is 152 g/mol. The average Bonchev–Trinajstić information content (AvgIpc) is 1.67. The van der Waals surface area contributed by atoms with Gasteiger partial charge in [0.15, 0.2) is 0 Å². The third kappa shape index (κ3) is 1.73. The standard InChI is InChI=1S/C2H4O4S2/c1-2-8(5,6)7(3)4/h2H,1H2,(H,3,4)/p-1. The quantitative estimate of drug-likeness (QED) is 0.392. The molecule has 0 saturated heterocycles. The molecule has 1 unspecified atom stereocenters. The molecule has 0 aromatic heterocycles. The van der Waals surface area contributed by atoms with E-state index in [-0.39, 0.29) is 0 Å². The fraction of sp³-hybridized carbons (Fsp3) is 0. The second kappa shape index (κ2) is 2.38. The molecule has 0 aromatic carbocycles. The van der Waals surface area contributed by atoms with Crippen molar-refractivity contribution in [1.82, 2.24) is 0 Å². The molecule has 0 aliphatic heterocycles. The minimum Gasteiger partial charge on any atom is -0.760 e. The van der Waals surface area contributed by atoms with Crippen LogP contribution in [0.4, 0.5) is 0 Å². The highest BCUT2D eigenvalue weighted by Gasteiger charge is 2.01. The molecule has 4 nitrogen and oxygen atoms in total. The summed E-state index contributed by atoms with van der Waals surface area (Å²) in [6, 6.07) is 0. The number of hydrogen-bond acceptors (Lipinski definition) is 4. The summed E-state index contributed by atoms with van der Waals surface area (Å²) in [4.78, 5) is 0. The molecule has 0 aromatic rings. The topological polar surface area (TPSA) is 74.3 Å². The summed E-state index contributed by atoms with van der Waals surface area (Å²) >= 11 is 0. The highest BCUT2D eigenvalue weighted by atomic mass is 33.2. The molecule has 0 spiro atoms. The summed E-state index contributed by atoms with van der Waals surface area (Å²) in [7, 11) is -7.13. The first-order valence-corrected chi connectivity index (χ1v) is 4.62. The molecule has 0 heterocycles. The Hall–Kier alpha value is -0.200. The van der Waals surface area contributed by atoms with Crippen LogP contribution in [0, 0.1) is 0 Å². The molecule has 0 rings (SSSR count). The van der Waals surface area contributed by atoms with Crippen LogP contribution in [-0.4, -0.2) is 17.2 Å². The lowest BCUT2D eigenvalue weighted by Crippen LogP contribution is -2.01.